The number of urea groups is 1. The number of hydrogen-bond acceptors (Lipinski definition) is 3. The molecule has 2 rings (SSSR count). The Hall–Kier alpha value is -1.79. The Morgan fingerprint density at radius 1 is 1.44 bits per heavy atom. The van der Waals surface area contributed by atoms with Crippen LogP contribution in [0.25, 0.3) is 0 Å². The van der Waals surface area contributed by atoms with Gasteiger partial charge in [-0.2, -0.15) is 0 Å². The number of amides is 3. The first-order chi connectivity index (χ1) is 8.58. The van der Waals surface area contributed by atoms with Gasteiger partial charge >= 0.3 is 12.0 Å². The first-order valence-electron chi connectivity index (χ1n) is 6.14. The quantitative estimate of drug-likeness (QED) is 0.634. The normalized spacial score (nSPS) is 27.1. The van der Waals surface area contributed by atoms with Gasteiger partial charge in [0.1, 0.15) is 6.04 Å². The van der Waals surface area contributed by atoms with Crippen LogP contribution in [0.3, 0.4) is 0 Å². The summed E-state index contributed by atoms with van der Waals surface area (Å²) in [6.07, 6.45) is 2.41. The molecule has 0 aromatic heterocycles. The zero-order valence-corrected chi connectivity index (χ0v) is 10.0. The first-order valence-corrected chi connectivity index (χ1v) is 6.14. The van der Waals surface area contributed by atoms with E-state index >= 15 is 0 Å². The molecule has 2 saturated heterocycles. The third-order valence-corrected chi connectivity index (χ3v) is 3.38. The number of carboxylic acids is 1. The molecule has 2 fully saturated rings. The summed E-state index contributed by atoms with van der Waals surface area (Å²) in [6, 6.07) is -1.11. The molecular formula is C11H17N3O4. The molecule has 0 spiro atoms. The van der Waals surface area contributed by atoms with Gasteiger partial charge in [0.15, 0.2) is 0 Å². The van der Waals surface area contributed by atoms with Crippen molar-refractivity contribution in [3.63, 3.8) is 0 Å². The lowest BCUT2D eigenvalue weighted by Gasteiger charge is -2.22. The maximum atomic E-state index is 11.8. The predicted molar refractivity (Wildman–Crippen MR) is 61.9 cm³/mol. The Bertz CT molecular complexity index is 371. The molecule has 100 valence electrons. The van der Waals surface area contributed by atoms with Gasteiger partial charge in [-0.3, -0.25) is 4.79 Å². The number of carboxylic acid groups (broad SMARTS) is 1. The number of nitrogens with zero attached hydrogens (tertiary/aromatic N) is 1. The van der Waals surface area contributed by atoms with E-state index in [0.717, 1.165) is 0 Å². The molecule has 0 radical (unpaired) electrons. The molecule has 0 aliphatic carbocycles. The smallest absolute Gasteiger partial charge is 0.326 e. The Morgan fingerprint density at radius 2 is 2.22 bits per heavy atom. The van der Waals surface area contributed by atoms with E-state index in [4.69, 9.17) is 5.11 Å². The number of aliphatic carboxylic acids is 1. The van der Waals surface area contributed by atoms with Crippen LogP contribution in [0, 0.1) is 0 Å². The van der Waals surface area contributed by atoms with Crippen molar-refractivity contribution in [2.24, 2.45) is 0 Å². The molecule has 7 heteroatoms. The van der Waals surface area contributed by atoms with E-state index in [0.29, 0.717) is 38.8 Å². The first kappa shape index (κ1) is 12.7. The molecular weight excluding hydrogens is 238 g/mol. The SMILES string of the molecule is O=C1CCC(CNC(=O)N2CCC[C@H]2C(=O)O)N1. The topological polar surface area (TPSA) is 98.7 Å². The monoisotopic (exact) mass is 255 g/mol. The number of carbonyl (C=O) groups is 3. The molecule has 0 aromatic carbocycles. The fraction of sp³-hybridized carbons (Fsp3) is 0.727. The van der Waals surface area contributed by atoms with Crippen LogP contribution in [0.5, 0.6) is 0 Å². The van der Waals surface area contributed by atoms with Crippen molar-refractivity contribution in [1.82, 2.24) is 15.5 Å². The van der Waals surface area contributed by atoms with Crippen LogP contribution in [0.4, 0.5) is 4.79 Å². The van der Waals surface area contributed by atoms with E-state index in [-0.39, 0.29) is 18.0 Å². The molecule has 2 heterocycles. The van der Waals surface area contributed by atoms with E-state index in [1.807, 2.05) is 0 Å². The number of rotatable bonds is 3. The van der Waals surface area contributed by atoms with Crippen LogP contribution < -0.4 is 10.6 Å². The number of nitrogens with one attached hydrogen (secondary N) is 2. The minimum atomic E-state index is -0.961. The predicted octanol–water partition coefficient (Wildman–Crippen LogP) is -0.476. The molecule has 7 nitrogen and oxygen atoms in total. The third-order valence-electron chi connectivity index (χ3n) is 3.38. The summed E-state index contributed by atoms with van der Waals surface area (Å²) in [7, 11) is 0. The van der Waals surface area contributed by atoms with Gasteiger partial charge in [0, 0.05) is 25.6 Å². The Kier molecular flexibility index (Phi) is 3.69. The van der Waals surface area contributed by atoms with Crippen molar-refractivity contribution in [3.05, 3.63) is 0 Å². The Morgan fingerprint density at radius 3 is 2.83 bits per heavy atom. The molecule has 2 atom stereocenters. The van der Waals surface area contributed by atoms with E-state index in [9.17, 15) is 14.4 Å². The van der Waals surface area contributed by atoms with Gasteiger partial charge < -0.3 is 20.6 Å². The fourth-order valence-electron chi connectivity index (χ4n) is 2.41. The molecule has 2 aliphatic heterocycles. The van der Waals surface area contributed by atoms with Crippen molar-refractivity contribution >= 4 is 17.9 Å². The van der Waals surface area contributed by atoms with Crippen LogP contribution in [-0.2, 0) is 9.59 Å². The summed E-state index contributed by atoms with van der Waals surface area (Å²) in [5.41, 5.74) is 0. The lowest BCUT2D eigenvalue weighted by Crippen LogP contribution is -2.48. The van der Waals surface area contributed by atoms with Gasteiger partial charge in [0.05, 0.1) is 0 Å². The van der Waals surface area contributed by atoms with Crippen LogP contribution in [0.15, 0.2) is 0 Å². The second-order valence-corrected chi connectivity index (χ2v) is 4.68. The second kappa shape index (κ2) is 5.24. The van der Waals surface area contributed by atoms with E-state index in [1.165, 1.54) is 4.90 Å². The molecule has 1 unspecified atom stereocenters. The van der Waals surface area contributed by atoms with Crippen LogP contribution in [0.1, 0.15) is 25.7 Å². The average molecular weight is 255 g/mol. The van der Waals surface area contributed by atoms with Crippen molar-refractivity contribution < 1.29 is 19.5 Å². The summed E-state index contributed by atoms with van der Waals surface area (Å²) in [5.74, 6) is -0.962. The summed E-state index contributed by atoms with van der Waals surface area (Å²) in [4.78, 5) is 35.1. The van der Waals surface area contributed by atoms with Gasteiger partial charge in [0.25, 0.3) is 0 Å². The zero-order chi connectivity index (χ0) is 13.1. The molecule has 0 aromatic rings. The molecule has 0 bridgehead atoms. The van der Waals surface area contributed by atoms with Crippen molar-refractivity contribution in [3.8, 4) is 0 Å². The van der Waals surface area contributed by atoms with Crippen LogP contribution >= 0.6 is 0 Å². The largest absolute Gasteiger partial charge is 0.480 e. The van der Waals surface area contributed by atoms with Crippen molar-refractivity contribution in [2.45, 2.75) is 37.8 Å². The van der Waals surface area contributed by atoms with Crippen molar-refractivity contribution in [2.75, 3.05) is 13.1 Å². The number of carbonyl (C=O) groups excluding carboxylic acids is 2. The summed E-state index contributed by atoms with van der Waals surface area (Å²) in [6.45, 7) is 0.827. The highest BCUT2D eigenvalue weighted by molar-refractivity contribution is 5.83. The third kappa shape index (κ3) is 2.72. The highest BCUT2D eigenvalue weighted by Crippen LogP contribution is 2.17. The minimum absolute atomic E-state index is 0.00108. The van der Waals surface area contributed by atoms with E-state index < -0.39 is 12.0 Å². The van der Waals surface area contributed by atoms with Gasteiger partial charge in [-0.25, -0.2) is 9.59 Å². The Balaban J connectivity index is 1.80. The van der Waals surface area contributed by atoms with Crippen LogP contribution in [0.2, 0.25) is 0 Å². The second-order valence-electron chi connectivity index (χ2n) is 4.68. The zero-order valence-electron chi connectivity index (χ0n) is 10.0. The van der Waals surface area contributed by atoms with E-state index in [2.05, 4.69) is 10.6 Å². The highest BCUT2D eigenvalue weighted by atomic mass is 16.4. The van der Waals surface area contributed by atoms with Crippen LogP contribution in [-0.4, -0.2) is 53.1 Å². The van der Waals surface area contributed by atoms with Gasteiger partial charge in [-0.15, -0.1) is 0 Å². The van der Waals surface area contributed by atoms with Crippen molar-refractivity contribution in [1.29, 1.82) is 0 Å². The minimum Gasteiger partial charge on any atom is -0.480 e. The standard InChI is InChI=1S/C11H17N3O4/c15-9-4-3-7(13-9)6-12-11(18)14-5-1-2-8(14)10(16)17/h7-8H,1-6H2,(H,12,18)(H,13,15)(H,16,17)/t7?,8-/m0/s1. The Labute approximate surface area is 105 Å². The number of hydrogen-bond donors (Lipinski definition) is 3. The molecule has 2 aliphatic rings. The van der Waals surface area contributed by atoms with Gasteiger partial charge in [0.2, 0.25) is 5.91 Å². The van der Waals surface area contributed by atoms with E-state index in [1.54, 1.807) is 0 Å². The molecule has 3 amide bonds. The van der Waals surface area contributed by atoms with Gasteiger partial charge in [-0.1, -0.05) is 0 Å². The molecule has 0 saturated carbocycles. The maximum Gasteiger partial charge on any atom is 0.326 e. The lowest BCUT2D eigenvalue weighted by molar-refractivity contribution is -0.141. The summed E-state index contributed by atoms with van der Waals surface area (Å²) in [5, 5.41) is 14.4. The van der Waals surface area contributed by atoms with Gasteiger partial charge in [-0.05, 0) is 19.3 Å². The fourth-order valence-corrected chi connectivity index (χ4v) is 2.41. The summed E-state index contributed by atoms with van der Waals surface area (Å²) < 4.78 is 0. The summed E-state index contributed by atoms with van der Waals surface area (Å²) >= 11 is 0. The lowest BCUT2D eigenvalue weighted by atomic mass is 10.2. The average Bonchev–Trinajstić information content (AvgIpc) is 2.94. The molecule has 18 heavy (non-hydrogen) atoms. The maximum absolute atomic E-state index is 11.8. The molecule has 3 N–H and O–H groups in total. The number of likely N-dealkylation sites (tertiary alicyclic amines) is 1. The highest BCUT2D eigenvalue weighted by Gasteiger charge is 2.34.